The van der Waals surface area contributed by atoms with E-state index in [0.717, 1.165) is 0 Å². The van der Waals surface area contributed by atoms with Crippen molar-refractivity contribution in [2.75, 3.05) is 17.3 Å². The lowest BCUT2D eigenvalue weighted by atomic mass is 10.2. The van der Waals surface area contributed by atoms with E-state index in [1.807, 2.05) is 0 Å². The summed E-state index contributed by atoms with van der Waals surface area (Å²) in [7, 11) is -0.317. The Morgan fingerprint density at radius 3 is 1.10 bits per heavy atom. The molecule has 0 bridgehead atoms. The molecular weight excluding hydrogens is 387 g/mol. The molecule has 0 unspecified atom stereocenters. The molecule has 0 aliphatic heterocycles. The number of rotatable bonds is 16. The number of halogens is 1. The highest BCUT2D eigenvalue weighted by Gasteiger charge is 2.19. The Morgan fingerprint density at radius 2 is 0.762 bits per heavy atom. The van der Waals surface area contributed by atoms with E-state index in [0.29, 0.717) is 0 Å². The van der Waals surface area contributed by atoms with Gasteiger partial charge in [-0.1, -0.05) is 85.0 Å². The quantitative estimate of drug-likeness (QED) is 0.171. The molecule has 0 fully saturated rings. The first-order valence-electron chi connectivity index (χ1n) is 9.64. The highest BCUT2D eigenvalue weighted by Crippen LogP contribution is 2.58. The van der Waals surface area contributed by atoms with Gasteiger partial charge in [0.25, 0.3) is 0 Å². The van der Waals surface area contributed by atoms with Gasteiger partial charge < -0.3 is 0 Å². The second-order valence-corrected chi connectivity index (χ2v) is 15.3. The van der Waals surface area contributed by atoms with Crippen LogP contribution in [0.15, 0.2) is 0 Å². The molecule has 0 N–H and O–H groups in total. The molecule has 0 amide bonds. The predicted molar refractivity (Wildman–Crippen MR) is 113 cm³/mol. The number of hydrogen-bond donors (Lipinski definition) is 0. The fourth-order valence-electron chi connectivity index (χ4n) is 2.85. The number of hydrogen-bond acceptors (Lipinski definition) is 0. The minimum Gasteiger partial charge on any atom is -0.187 e. The molecule has 2 heteroatoms. The van der Waals surface area contributed by atoms with Crippen molar-refractivity contribution >= 4 is 28.4 Å². The Bertz CT molecular complexity index is 194. The highest BCUT2D eigenvalue weighted by molar-refractivity contribution is 14.2. The van der Waals surface area contributed by atoms with Crippen LogP contribution in [0.1, 0.15) is 104 Å². The minimum absolute atomic E-state index is 0.317. The van der Waals surface area contributed by atoms with Crippen LogP contribution in [0.2, 0.25) is 0 Å². The molecular formula is C19H41IS. The fraction of sp³-hybridized carbons (Fsp3) is 1.00. The van der Waals surface area contributed by atoms with Gasteiger partial charge in [-0.15, -0.1) is 0 Å². The van der Waals surface area contributed by atoms with Crippen LogP contribution in [0, 0.1) is 0 Å². The molecule has 0 nitrogen and oxygen atoms in total. The molecule has 0 rings (SSSR count). The maximum absolute atomic E-state index is 2.92. The van der Waals surface area contributed by atoms with Crippen molar-refractivity contribution in [3.63, 3.8) is 0 Å². The summed E-state index contributed by atoms with van der Waals surface area (Å²) in [4.78, 5) is 0. The second kappa shape index (κ2) is 16.0. The molecule has 0 spiro atoms. The third-order valence-electron chi connectivity index (χ3n) is 4.34. The summed E-state index contributed by atoms with van der Waals surface area (Å²) < 4.78 is 0. The van der Waals surface area contributed by atoms with E-state index in [4.69, 9.17) is 0 Å². The topological polar surface area (TPSA) is 0 Å². The summed E-state index contributed by atoms with van der Waals surface area (Å²) in [6.07, 6.45) is 18.8. The lowest BCUT2D eigenvalue weighted by Crippen LogP contribution is -2.08. The maximum Gasteiger partial charge on any atom is -0.0144 e. The molecule has 0 atom stereocenters. The van der Waals surface area contributed by atoms with E-state index in [1.54, 1.807) is 17.3 Å². The minimum atomic E-state index is -0.317. The van der Waals surface area contributed by atoms with E-state index >= 15 is 0 Å². The largest absolute Gasteiger partial charge is 0.187 e. The van der Waals surface area contributed by atoms with Crippen molar-refractivity contribution in [3.05, 3.63) is 0 Å². The van der Waals surface area contributed by atoms with Gasteiger partial charge in [0.05, 0.1) is 0 Å². The van der Waals surface area contributed by atoms with Crippen molar-refractivity contribution in [2.45, 2.75) is 104 Å². The van der Waals surface area contributed by atoms with Gasteiger partial charge in [0.15, 0.2) is 0 Å². The van der Waals surface area contributed by atoms with Crippen molar-refractivity contribution in [2.24, 2.45) is 0 Å². The zero-order valence-corrected chi connectivity index (χ0v) is 18.1. The Balaban J connectivity index is 3.98. The summed E-state index contributed by atoms with van der Waals surface area (Å²) in [6.45, 7) is 6.96. The summed E-state index contributed by atoms with van der Waals surface area (Å²) >= 11 is 2.92. The van der Waals surface area contributed by atoms with Gasteiger partial charge in [0.1, 0.15) is 0 Å². The van der Waals surface area contributed by atoms with Crippen molar-refractivity contribution < 1.29 is 0 Å². The van der Waals surface area contributed by atoms with Gasteiger partial charge in [-0.2, -0.15) is 7.20 Å². The van der Waals surface area contributed by atoms with Gasteiger partial charge in [-0.25, -0.2) is 0 Å². The molecule has 0 aromatic heterocycles. The monoisotopic (exact) mass is 428 g/mol. The fourth-order valence-corrected chi connectivity index (χ4v) is 8.43. The van der Waals surface area contributed by atoms with Crippen LogP contribution in [0.25, 0.3) is 0 Å². The van der Waals surface area contributed by atoms with Gasteiger partial charge >= 0.3 is 0 Å². The molecule has 0 radical (unpaired) electrons. The molecule has 0 aliphatic rings. The van der Waals surface area contributed by atoms with E-state index < -0.39 is 0 Å². The lowest BCUT2D eigenvalue weighted by Gasteiger charge is -2.34. The van der Waals surface area contributed by atoms with Crippen LogP contribution < -0.4 is 0 Å². The van der Waals surface area contributed by atoms with Crippen LogP contribution in [0.4, 0.5) is 0 Å². The van der Waals surface area contributed by atoms with Crippen LogP contribution in [-0.4, -0.2) is 17.3 Å². The van der Waals surface area contributed by atoms with Crippen LogP contribution in [-0.2, 0) is 0 Å². The first-order chi connectivity index (χ1) is 10.2. The second-order valence-electron chi connectivity index (χ2n) is 6.59. The molecule has 0 aromatic rings. The molecule has 0 heterocycles. The molecule has 130 valence electrons. The van der Waals surface area contributed by atoms with E-state index in [1.165, 1.54) is 83.5 Å². The molecule has 0 saturated heterocycles. The average Bonchev–Trinajstić information content (AvgIpc) is 2.48. The van der Waals surface area contributed by atoms with Crippen LogP contribution >= 0.6 is 28.4 Å². The SMILES string of the molecule is CCCCCCCS(I)(CCCCCC)CCCCCC. The summed E-state index contributed by atoms with van der Waals surface area (Å²) in [5.74, 6) is 4.65. The molecule has 0 aromatic carbocycles. The third-order valence-corrected chi connectivity index (χ3v) is 11.4. The van der Waals surface area contributed by atoms with E-state index in [9.17, 15) is 0 Å². The van der Waals surface area contributed by atoms with Crippen molar-refractivity contribution in [3.8, 4) is 0 Å². The van der Waals surface area contributed by atoms with Gasteiger partial charge in [-0.3, -0.25) is 0 Å². The molecule has 21 heavy (non-hydrogen) atoms. The highest BCUT2D eigenvalue weighted by atomic mass is 127. The third kappa shape index (κ3) is 14.4. The standard InChI is InChI=1S/C19H41IS/c1-4-7-10-13-16-19-21(20,17-14-11-8-5-2)18-15-12-9-6-3/h4-19H2,1-3H3. The lowest BCUT2D eigenvalue weighted by molar-refractivity contribution is 0.657. The maximum atomic E-state index is 2.92. The summed E-state index contributed by atoms with van der Waals surface area (Å²) in [5.41, 5.74) is 0. The van der Waals surface area contributed by atoms with Crippen molar-refractivity contribution in [1.29, 1.82) is 0 Å². The molecule has 0 aliphatic carbocycles. The Hall–Kier alpha value is 1.08. The van der Waals surface area contributed by atoms with Gasteiger partial charge in [0, 0.05) is 0 Å². The summed E-state index contributed by atoms with van der Waals surface area (Å²) in [5, 5.41) is 0. The zero-order valence-electron chi connectivity index (χ0n) is 15.1. The Kier molecular flexibility index (Phi) is 16.8. The van der Waals surface area contributed by atoms with E-state index in [-0.39, 0.29) is 7.20 Å². The first-order valence-corrected chi connectivity index (χ1v) is 14.3. The predicted octanol–water partition coefficient (Wildman–Crippen LogP) is 8.27. The van der Waals surface area contributed by atoms with E-state index in [2.05, 4.69) is 42.0 Å². The van der Waals surface area contributed by atoms with Crippen molar-refractivity contribution in [1.82, 2.24) is 0 Å². The zero-order chi connectivity index (χ0) is 15.8. The van der Waals surface area contributed by atoms with Gasteiger partial charge in [-0.05, 0) is 57.7 Å². The van der Waals surface area contributed by atoms with Crippen LogP contribution in [0.5, 0.6) is 0 Å². The van der Waals surface area contributed by atoms with Crippen LogP contribution in [0.3, 0.4) is 0 Å². The number of unbranched alkanes of at least 4 members (excludes halogenated alkanes) is 10. The average molecular weight is 429 g/mol. The Morgan fingerprint density at radius 1 is 0.476 bits per heavy atom. The molecule has 0 saturated carbocycles. The Labute approximate surface area is 149 Å². The summed E-state index contributed by atoms with van der Waals surface area (Å²) in [6, 6.07) is 0. The smallest absolute Gasteiger partial charge is 0.0144 e. The van der Waals surface area contributed by atoms with Gasteiger partial charge in [0.2, 0.25) is 0 Å². The normalized spacial score (nSPS) is 12.8. The first kappa shape index (κ1) is 22.1.